The molecule has 5 nitrogen and oxygen atoms in total. The van der Waals surface area contributed by atoms with Crippen molar-refractivity contribution in [1.82, 2.24) is 20.1 Å². The molecule has 1 saturated heterocycles. The van der Waals surface area contributed by atoms with Crippen LogP contribution in [0, 0.1) is 0 Å². The maximum atomic E-state index is 4.15. The lowest BCUT2D eigenvalue weighted by molar-refractivity contribution is 0.313. The third kappa shape index (κ3) is 2.22. The van der Waals surface area contributed by atoms with Crippen molar-refractivity contribution in [3.05, 3.63) is 30.6 Å². The van der Waals surface area contributed by atoms with E-state index in [2.05, 4.69) is 56.3 Å². The Labute approximate surface area is 106 Å². The Hall–Kier alpha value is -1.88. The summed E-state index contributed by atoms with van der Waals surface area (Å²) in [5.41, 5.74) is 2.36. The van der Waals surface area contributed by atoms with Crippen LogP contribution in [0.4, 0.5) is 5.69 Å². The van der Waals surface area contributed by atoms with Gasteiger partial charge in [-0.05, 0) is 31.3 Å². The van der Waals surface area contributed by atoms with E-state index in [1.807, 2.05) is 0 Å². The summed E-state index contributed by atoms with van der Waals surface area (Å²) in [5, 5.41) is 6.74. The first-order valence-electron chi connectivity index (χ1n) is 6.22. The third-order valence-electron chi connectivity index (χ3n) is 3.42. The summed E-state index contributed by atoms with van der Waals surface area (Å²) in [7, 11) is 2.17. The minimum absolute atomic E-state index is 0.819. The number of rotatable bonds is 2. The van der Waals surface area contributed by atoms with Gasteiger partial charge in [-0.25, -0.2) is 4.98 Å². The molecular weight excluding hydrogens is 226 g/mol. The second-order valence-corrected chi connectivity index (χ2v) is 4.67. The van der Waals surface area contributed by atoms with Gasteiger partial charge in [-0.3, -0.25) is 5.10 Å². The van der Waals surface area contributed by atoms with Gasteiger partial charge in [0.05, 0.1) is 0 Å². The fourth-order valence-corrected chi connectivity index (χ4v) is 2.24. The third-order valence-corrected chi connectivity index (χ3v) is 3.42. The lowest BCUT2D eigenvalue weighted by Gasteiger charge is -2.34. The Morgan fingerprint density at radius 2 is 1.78 bits per heavy atom. The molecule has 0 atom stereocenters. The fraction of sp³-hybridized carbons (Fsp3) is 0.385. The van der Waals surface area contributed by atoms with Crippen LogP contribution in [0.2, 0.25) is 0 Å². The van der Waals surface area contributed by atoms with E-state index in [4.69, 9.17) is 0 Å². The Balaban J connectivity index is 1.75. The highest BCUT2D eigenvalue weighted by Gasteiger charge is 2.14. The first-order valence-corrected chi connectivity index (χ1v) is 6.22. The van der Waals surface area contributed by atoms with Crippen LogP contribution in [0.1, 0.15) is 0 Å². The first kappa shape index (κ1) is 11.2. The number of nitrogens with one attached hydrogen (secondary N) is 1. The van der Waals surface area contributed by atoms with Crippen molar-refractivity contribution in [2.24, 2.45) is 0 Å². The highest BCUT2D eigenvalue weighted by molar-refractivity contribution is 5.60. The van der Waals surface area contributed by atoms with Gasteiger partial charge in [-0.2, -0.15) is 5.10 Å². The van der Waals surface area contributed by atoms with Crippen molar-refractivity contribution >= 4 is 5.69 Å². The topological polar surface area (TPSA) is 48.1 Å². The molecule has 94 valence electrons. The van der Waals surface area contributed by atoms with Crippen LogP contribution in [0.5, 0.6) is 0 Å². The normalized spacial score (nSPS) is 17.1. The quantitative estimate of drug-likeness (QED) is 0.861. The lowest BCUT2D eigenvalue weighted by Crippen LogP contribution is -2.44. The van der Waals surface area contributed by atoms with Crippen LogP contribution in [0.25, 0.3) is 11.4 Å². The van der Waals surface area contributed by atoms with Crippen LogP contribution in [-0.4, -0.2) is 53.3 Å². The second kappa shape index (κ2) is 4.78. The fourth-order valence-electron chi connectivity index (χ4n) is 2.24. The van der Waals surface area contributed by atoms with E-state index in [1.54, 1.807) is 0 Å². The van der Waals surface area contributed by atoms with Gasteiger partial charge >= 0.3 is 0 Å². The molecule has 2 heterocycles. The number of piperazine rings is 1. The molecule has 1 aliphatic rings. The molecule has 3 rings (SSSR count). The molecule has 0 bridgehead atoms. The molecule has 5 heteroatoms. The van der Waals surface area contributed by atoms with Gasteiger partial charge in [0.15, 0.2) is 5.82 Å². The van der Waals surface area contributed by atoms with Crippen molar-refractivity contribution in [3.63, 3.8) is 0 Å². The second-order valence-electron chi connectivity index (χ2n) is 4.67. The molecule has 18 heavy (non-hydrogen) atoms. The highest BCUT2D eigenvalue weighted by Crippen LogP contribution is 2.21. The van der Waals surface area contributed by atoms with E-state index in [1.165, 1.54) is 12.0 Å². The molecule has 0 saturated carbocycles. The van der Waals surface area contributed by atoms with E-state index >= 15 is 0 Å². The van der Waals surface area contributed by atoms with E-state index in [0.717, 1.165) is 37.6 Å². The summed E-state index contributed by atoms with van der Waals surface area (Å²) in [5.74, 6) is 0.819. The monoisotopic (exact) mass is 243 g/mol. The minimum Gasteiger partial charge on any atom is -0.369 e. The molecule has 1 aromatic heterocycles. The molecule has 0 aliphatic carbocycles. The van der Waals surface area contributed by atoms with Crippen molar-refractivity contribution in [2.45, 2.75) is 0 Å². The summed E-state index contributed by atoms with van der Waals surface area (Å²) < 4.78 is 0. The molecule has 0 amide bonds. The number of aromatic nitrogens is 3. The summed E-state index contributed by atoms with van der Waals surface area (Å²) >= 11 is 0. The van der Waals surface area contributed by atoms with Crippen LogP contribution < -0.4 is 4.90 Å². The summed E-state index contributed by atoms with van der Waals surface area (Å²) in [4.78, 5) is 8.93. The van der Waals surface area contributed by atoms with Crippen molar-refractivity contribution in [3.8, 4) is 11.4 Å². The van der Waals surface area contributed by atoms with Gasteiger partial charge in [0.25, 0.3) is 0 Å². The highest BCUT2D eigenvalue weighted by atomic mass is 15.2. The van der Waals surface area contributed by atoms with E-state index in [-0.39, 0.29) is 0 Å². The molecule has 1 aliphatic heterocycles. The van der Waals surface area contributed by atoms with Crippen LogP contribution in [-0.2, 0) is 0 Å². The van der Waals surface area contributed by atoms with Crippen molar-refractivity contribution in [2.75, 3.05) is 38.1 Å². The van der Waals surface area contributed by atoms with Crippen molar-refractivity contribution < 1.29 is 0 Å². The summed E-state index contributed by atoms with van der Waals surface area (Å²) in [6.07, 6.45) is 1.53. The minimum atomic E-state index is 0.819. The number of anilines is 1. The number of hydrogen-bond donors (Lipinski definition) is 1. The van der Waals surface area contributed by atoms with Gasteiger partial charge in [0, 0.05) is 37.4 Å². The zero-order valence-corrected chi connectivity index (χ0v) is 10.5. The number of hydrogen-bond acceptors (Lipinski definition) is 4. The van der Waals surface area contributed by atoms with E-state index in [9.17, 15) is 0 Å². The average molecular weight is 243 g/mol. The summed E-state index contributed by atoms with van der Waals surface area (Å²) in [6.45, 7) is 4.45. The Bertz CT molecular complexity index is 483. The molecule has 1 fully saturated rings. The van der Waals surface area contributed by atoms with Crippen LogP contribution >= 0.6 is 0 Å². The largest absolute Gasteiger partial charge is 0.369 e. The smallest absolute Gasteiger partial charge is 0.155 e. The molecule has 1 aromatic carbocycles. The number of nitrogens with zero attached hydrogens (tertiary/aromatic N) is 4. The van der Waals surface area contributed by atoms with Crippen molar-refractivity contribution in [1.29, 1.82) is 0 Å². The van der Waals surface area contributed by atoms with Gasteiger partial charge in [0.1, 0.15) is 6.33 Å². The van der Waals surface area contributed by atoms with Gasteiger partial charge in [-0.15, -0.1) is 0 Å². The standard InChI is InChI=1S/C13H17N5/c1-17-6-8-18(9-7-17)12-4-2-11(3-5-12)13-14-10-15-16-13/h2-5,10H,6-9H2,1H3,(H,14,15,16). The SMILES string of the molecule is CN1CCN(c2ccc(-c3ncn[nH]3)cc2)CC1. The zero-order chi connectivity index (χ0) is 12.4. The molecule has 2 aromatic rings. The zero-order valence-electron chi connectivity index (χ0n) is 10.5. The predicted molar refractivity (Wildman–Crippen MR) is 71.5 cm³/mol. The number of likely N-dealkylation sites (N-methyl/N-ethyl adjacent to an activating group) is 1. The maximum absolute atomic E-state index is 4.15. The summed E-state index contributed by atoms with van der Waals surface area (Å²) in [6, 6.07) is 8.49. The van der Waals surface area contributed by atoms with E-state index in [0.29, 0.717) is 0 Å². The number of benzene rings is 1. The number of H-pyrrole nitrogens is 1. The Kier molecular flexibility index (Phi) is 2.98. The first-order chi connectivity index (χ1) is 8.83. The van der Waals surface area contributed by atoms with Gasteiger partial charge in [0.2, 0.25) is 0 Å². The lowest BCUT2D eigenvalue weighted by atomic mass is 10.1. The average Bonchev–Trinajstić information content (AvgIpc) is 2.94. The molecule has 0 unspecified atom stereocenters. The van der Waals surface area contributed by atoms with Crippen LogP contribution in [0.3, 0.4) is 0 Å². The maximum Gasteiger partial charge on any atom is 0.155 e. The number of aromatic amines is 1. The Morgan fingerprint density at radius 1 is 1.06 bits per heavy atom. The van der Waals surface area contributed by atoms with Crippen LogP contribution in [0.15, 0.2) is 30.6 Å². The van der Waals surface area contributed by atoms with E-state index < -0.39 is 0 Å². The molecule has 0 radical (unpaired) electrons. The van der Waals surface area contributed by atoms with Gasteiger partial charge < -0.3 is 9.80 Å². The molecule has 1 N–H and O–H groups in total. The molecule has 0 spiro atoms. The predicted octanol–water partition coefficient (Wildman–Crippen LogP) is 1.22. The molecular formula is C13H17N5. The van der Waals surface area contributed by atoms with Gasteiger partial charge in [-0.1, -0.05) is 0 Å². The Morgan fingerprint density at radius 3 is 2.39 bits per heavy atom.